The molecule has 5 heteroatoms. The lowest BCUT2D eigenvalue weighted by molar-refractivity contribution is 0.112. The molecule has 1 heterocycles. The molecule has 0 unspecified atom stereocenters. The quantitative estimate of drug-likeness (QED) is 0.572. The van der Waals surface area contributed by atoms with Crippen LogP contribution in [-0.2, 0) is 23.2 Å². The fourth-order valence-corrected chi connectivity index (χ4v) is 1.88. The Morgan fingerprint density at radius 1 is 1.31 bits per heavy atom. The molecule has 0 aliphatic carbocycles. The molecule has 0 radical (unpaired) electrons. The zero-order valence-corrected chi connectivity index (χ0v) is 11.8. The number of aromatic nitrogens is 3. The van der Waals surface area contributed by atoms with E-state index in [9.17, 15) is 0 Å². The van der Waals surface area contributed by atoms with Gasteiger partial charge in [-0.25, -0.2) is 0 Å². The van der Waals surface area contributed by atoms with Gasteiger partial charge in [-0.1, -0.05) is 36.7 Å². The minimum atomic E-state index is 0.556. The molecule has 0 fully saturated rings. The maximum Gasteiger partial charge on any atom is 0.159 e. The van der Waals surface area contributed by atoms with Crippen LogP contribution in [-0.4, -0.2) is 21.4 Å². The predicted molar refractivity (Wildman–Crippen MR) is 67.4 cm³/mol. The van der Waals surface area contributed by atoms with Crippen molar-refractivity contribution in [2.24, 2.45) is 5.92 Å². The van der Waals surface area contributed by atoms with Crippen LogP contribution < -0.4 is 0 Å². The molecule has 1 rings (SSSR count). The summed E-state index contributed by atoms with van der Waals surface area (Å²) in [4.78, 5) is 0. The molecule has 0 spiro atoms. The van der Waals surface area contributed by atoms with Crippen molar-refractivity contribution in [3.05, 3.63) is 11.6 Å². The number of alkyl halides is 1. The van der Waals surface area contributed by atoms with Crippen LogP contribution in [0.5, 0.6) is 0 Å². The van der Waals surface area contributed by atoms with Crippen molar-refractivity contribution < 1.29 is 4.74 Å². The molecule has 1 aromatic heterocycles. The molecule has 0 atom stereocenters. The van der Waals surface area contributed by atoms with Crippen molar-refractivity contribution in [1.29, 1.82) is 0 Å². The first-order chi connectivity index (χ1) is 7.69. The molecular formula is C11H20BrN3O. The predicted octanol–water partition coefficient (Wildman–Crippen LogP) is 2.76. The van der Waals surface area contributed by atoms with Gasteiger partial charge < -0.3 is 9.30 Å². The molecule has 0 aromatic carbocycles. The van der Waals surface area contributed by atoms with E-state index in [4.69, 9.17) is 4.74 Å². The SMILES string of the molecule is CCCOCc1nnc(CBr)n1CC(C)C. The van der Waals surface area contributed by atoms with E-state index in [2.05, 4.69) is 51.5 Å². The summed E-state index contributed by atoms with van der Waals surface area (Å²) >= 11 is 3.43. The van der Waals surface area contributed by atoms with Crippen LogP contribution in [0.1, 0.15) is 38.8 Å². The largest absolute Gasteiger partial charge is 0.373 e. The van der Waals surface area contributed by atoms with E-state index in [0.717, 1.165) is 36.6 Å². The van der Waals surface area contributed by atoms with Crippen LogP contribution in [0.3, 0.4) is 0 Å². The molecule has 0 aliphatic heterocycles. The van der Waals surface area contributed by atoms with Crippen molar-refractivity contribution in [3.8, 4) is 0 Å². The van der Waals surface area contributed by atoms with Gasteiger partial charge in [0.1, 0.15) is 12.4 Å². The van der Waals surface area contributed by atoms with Gasteiger partial charge in [-0.05, 0) is 12.3 Å². The third-order valence-electron chi connectivity index (χ3n) is 2.15. The first-order valence-electron chi connectivity index (χ1n) is 5.73. The van der Waals surface area contributed by atoms with E-state index in [1.807, 2.05) is 0 Å². The first-order valence-corrected chi connectivity index (χ1v) is 6.85. The molecule has 0 saturated heterocycles. The Balaban J connectivity index is 2.70. The molecular weight excluding hydrogens is 270 g/mol. The van der Waals surface area contributed by atoms with Gasteiger partial charge in [0.25, 0.3) is 0 Å². The Labute approximate surface area is 106 Å². The van der Waals surface area contributed by atoms with E-state index >= 15 is 0 Å². The second-order valence-corrected chi connectivity index (χ2v) is 4.78. The molecule has 4 nitrogen and oxygen atoms in total. The standard InChI is InChI=1S/C11H20BrN3O/c1-4-5-16-8-11-14-13-10(6-12)15(11)7-9(2)3/h9H,4-8H2,1-3H3. The second kappa shape index (κ2) is 7.01. The Hall–Kier alpha value is -0.420. The third-order valence-corrected chi connectivity index (χ3v) is 2.65. The highest BCUT2D eigenvalue weighted by Crippen LogP contribution is 2.10. The minimum absolute atomic E-state index is 0.556. The highest BCUT2D eigenvalue weighted by atomic mass is 79.9. The van der Waals surface area contributed by atoms with Crippen molar-refractivity contribution in [1.82, 2.24) is 14.8 Å². The Kier molecular flexibility index (Phi) is 5.98. The smallest absolute Gasteiger partial charge is 0.159 e. The van der Waals surface area contributed by atoms with Gasteiger partial charge in [0.2, 0.25) is 0 Å². The molecule has 1 aromatic rings. The molecule has 0 aliphatic rings. The highest BCUT2D eigenvalue weighted by molar-refractivity contribution is 9.08. The minimum Gasteiger partial charge on any atom is -0.373 e. The fourth-order valence-electron chi connectivity index (χ4n) is 1.46. The second-order valence-electron chi connectivity index (χ2n) is 4.22. The third kappa shape index (κ3) is 3.87. The zero-order valence-electron chi connectivity index (χ0n) is 10.2. The van der Waals surface area contributed by atoms with Crippen LogP contribution in [0.15, 0.2) is 0 Å². The lowest BCUT2D eigenvalue weighted by Crippen LogP contribution is -2.12. The van der Waals surface area contributed by atoms with Gasteiger partial charge in [-0.3, -0.25) is 0 Å². The van der Waals surface area contributed by atoms with E-state index in [-0.39, 0.29) is 0 Å². The summed E-state index contributed by atoms with van der Waals surface area (Å²) in [5.74, 6) is 2.49. The maximum atomic E-state index is 5.51. The van der Waals surface area contributed by atoms with Crippen LogP contribution in [0.25, 0.3) is 0 Å². The van der Waals surface area contributed by atoms with E-state index < -0.39 is 0 Å². The van der Waals surface area contributed by atoms with Crippen LogP contribution in [0.4, 0.5) is 0 Å². The number of ether oxygens (including phenoxy) is 1. The first kappa shape index (κ1) is 13.6. The summed E-state index contributed by atoms with van der Waals surface area (Å²) in [5, 5.41) is 9.06. The molecule has 92 valence electrons. The molecule has 0 N–H and O–H groups in total. The van der Waals surface area contributed by atoms with Crippen molar-refractivity contribution in [2.45, 2.75) is 45.7 Å². The normalized spacial score (nSPS) is 11.3. The number of rotatable bonds is 7. The molecule has 16 heavy (non-hydrogen) atoms. The fraction of sp³-hybridized carbons (Fsp3) is 0.818. The molecule has 0 amide bonds. The van der Waals surface area contributed by atoms with E-state index in [0.29, 0.717) is 12.5 Å². The summed E-state index contributed by atoms with van der Waals surface area (Å²) in [6.45, 7) is 8.75. The van der Waals surface area contributed by atoms with Gasteiger partial charge in [0.05, 0.1) is 5.33 Å². The number of halogens is 1. The number of hydrogen-bond acceptors (Lipinski definition) is 3. The van der Waals surface area contributed by atoms with E-state index in [1.54, 1.807) is 0 Å². The Morgan fingerprint density at radius 2 is 2.00 bits per heavy atom. The zero-order chi connectivity index (χ0) is 12.0. The van der Waals surface area contributed by atoms with Crippen molar-refractivity contribution >= 4 is 15.9 Å². The summed E-state index contributed by atoms with van der Waals surface area (Å²) in [7, 11) is 0. The topological polar surface area (TPSA) is 39.9 Å². The Bertz CT molecular complexity index is 312. The lowest BCUT2D eigenvalue weighted by Gasteiger charge is -2.11. The van der Waals surface area contributed by atoms with Gasteiger partial charge in [0.15, 0.2) is 5.82 Å². The van der Waals surface area contributed by atoms with Gasteiger partial charge in [-0.15, -0.1) is 10.2 Å². The average Bonchev–Trinajstić information content (AvgIpc) is 2.61. The van der Waals surface area contributed by atoms with Crippen LogP contribution >= 0.6 is 15.9 Å². The van der Waals surface area contributed by atoms with Gasteiger partial charge in [0, 0.05) is 13.2 Å². The van der Waals surface area contributed by atoms with E-state index in [1.165, 1.54) is 0 Å². The summed E-state index contributed by atoms with van der Waals surface area (Å²) in [6.07, 6.45) is 1.03. The highest BCUT2D eigenvalue weighted by Gasteiger charge is 2.12. The number of nitrogens with zero attached hydrogens (tertiary/aromatic N) is 3. The number of hydrogen-bond donors (Lipinski definition) is 0. The summed E-state index contributed by atoms with van der Waals surface area (Å²) in [6, 6.07) is 0. The van der Waals surface area contributed by atoms with Crippen LogP contribution in [0.2, 0.25) is 0 Å². The monoisotopic (exact) mass is 289 g/mol. The van der Waals surface area contributed by atoms with Crippen molar-refractivity contribution in [2.75, 3.05) is 6.61 Å². The Morgan fingerprint density at radius 3 is 2.56 bits per heavy atom. The average molecular weight is 290 g/mol. The maximum absolute atomic E-state index is 5.51. The lowest BCUT2D eigenvalue weighted by atomic mass is 10.2. The molecule has 0 saturated carbocycles. The van der Waals surface area contributed by atoms with Gasteiger partial charge >= 0.3 is 0 Å². The van der Waals surface area contributed by atoms with Gasteiger partial charge in [-0.2, -0.15) is 0 Å². The summed E-state index contributed by atoms with van der Waals surface area (Å²) < 4.78 is 7.66. The van der Waals surface area contributed by atoms with Crippen molar-refractivity contribution in [3.63, 3.8) is 0 Å². The summed E-state index contributed by atoms with van der Waals surface area (Å²) in [5.41, 5.74) is 0. The molecule has 0 bridgehead atoms. The van der Waals surface area contributed by atoms with Crippen LogP contribution in [0, 0.1) is 5.92 Å².